The van der Waals surface area contributed by atoms with Crippen molar-refractivity contribution in [1.82, 2.24) is 4.90 Å². The third-order valence-corrected chi connectivity index (χ3v) is 6.61. The molecule has 1 N–H and O–H groups in total. The number of amides is 1. The Kier molecular flexibility index (Phi) is 7.88. The lowest BCUT2D eigenvalue weighted by molar-refractivity contribution is -0.151. The van der Waals surface area contributed by atoms with Crippen molar-refractivity contribution < 1.29 is 24.2 Å². The van der Waals surface area contributed by atoms with E-state index in [1.54, 1.807) is 11.8 Å². The quantitative estimate of drug-likeness (QED) is 0.620. The molecule has 1 saturated carbocycles. The van der Waals surface area contributed by atoms with Crippen molar-refractivity contribution >= 4 is 17.8 Å². The molecule has 1 saturated heterocycles. The maximum absolute atomic E-state index is 13.1. The molecule has 1 aromatic rings. The number of nitrogens with zero attached hydrogens (tertiary/aromatic N) is 1. The summed E-state index contributed by atoms with van der Waals surface area (Å²) in [5.74, 6) is -1.38. The molecule has 1 amide bonds. The number of rotatable bonds is 9. The third-order valence-electron chi connectivity index (χ3n) is 6.61. The molecule has 30 heavy (non-hydrogen) atoms. The summed E-state index contributed by atoms with van der Waals surface area (Å²) in [5.41, 5.74) is 1.15. The summed E-state index contributed by atoms with van der Waals surface area (Å²) < 4.78 is 5.24. The van der Waals surface area contributed by atoms with E-state index in [-0.39, 0.29) is 30.3 Å². The van der Waals surface area contributed by atoms with E-state index in [4.69, 9.17) is 4.74 Å². The fourth-order valence-electron chi connectivity index (χ4n) is 5.09. The van der Waals surface area contributed by atoms with E-state index < -0.39 is 12.0 Å². The van der Waals surface area contributed by atoms with Crippen molar-refractivity contribution in [1.29, 1.82) is 0 Å². The number of aliphatic carboxylic acids is 1. The molecule has 2 unspecified atom stereocenters. The summed E-state index contributed by atoms with van der Waals surface area (Å²) in [6, 6.07) is 9.26. The molecule has 1 heterocycles. The van der Waals surface area contributed by atoms with Gasteiger partial charge in [-0.2, -0.15) is 0 Å². The van der Waals surface area contributed by atoms with Gasteiger partial charge in [0.05, 0.1) is 12.5 Å². The lowest BCUT2D eigenvalue weighted by Gasteiger charge is -2.33. The highest BCUT2D eigenvalue weighted by Crippen LogP contribution is 2.40. The average molecular weight is 416 g/mol. The van der Waals surface area contributed by atoms with E-state index in [1.165, 1.54) is 0 Å². The molecule has 1 aliphatic carbocycles. The minimum atomic E-state index is -0.913. The zero-order valence-corrected chi connectivity index (χ0v) is 17.8. The first-order chi connectivity index (χ1) is 14.5. The molecular formula is C24H33NO5. The van der Waals surface area contributed by atoms with Gasteiger partial charge in [0.25, 0.3) is 0 Å². The van der Waals surface area contributed by atoms with E-state index in [0.717, 1.165) is 37.7 Å². The van der Waals surface area contributed by atoms with Gasteiger partial charge < -0.3 is 14.7 Å². The van der Waals surface area contributed by atoms with Crippen LogP contribution in [0.2, 0.25) is 0 Å². The second kappa shape index (κ2) is 10.6. The molecule has 0 bridgehead atoms. The summed E-state index contributed by atoms with van der Waals surface area (Å²) in [4.78, 5) is 39.0. The van der Waals surface area contributed by atoms with E-state index in [9.17, 15) is 19.5 Å². The number of ether oxygens (including phenoxy) is 1. The Morgan fingerprint density at radius 1 is 1.13 bits per heavy atom. The van der Waals surface area contributed by atoms with E-state index in [0.29, 0.717) is 31.8 Å². The van der Waals surface area contributed by atoms with Crippen molar-refractivity contribution in [2.24, 2.45) is 11.8 Å². The Bertz CT molecular complexity index is 734. The molecule has 0 radical (unpaired) electrons. The highest BCUT2D eigenvalue weighted by atomic mass is 16.5. The van der Waals surface area contributed by atoms with Gasteiger partial charge >= 0.3 is 11.9 Å². The highest BCUT2D eigenvalue weighted by molar-refractivity contribution is 5.85. The van der Waals surface area contributed by atoms with Crippen molar-refractivity contribution in [3.8, 4) is 0 Å². The predicted molar refractivity (Wildman–Crippen MR) is 113 cm³/mol. The number of carbonyl (C=O) groups excluding carboxylic acids is 2. The van der Waals surface area contributed by atoms with Crippen LogP contribution in [0.1, 0.15) is 63.9 Å². The van der Waals surface area contributed by atoms with Crippen LogP contribution in [0, 0.1) is 11.8 Å². The number of esters is 1. The zero-order valence-electron chi connectivity index (χ0n) is 17.8. The first-order valence-corrected chi connectivity index (χ1v) is 11.3. The van der Waals surface area contributed by atoms with Gasteiger partial charge in [0.2, 0.25) is 5.91 Å². The van der Waals surface area contributed by atoms with Gasteiger partial charge in [-0.15, -0.1) is 0 Å². The number of benzene rings is 1. The maximum atomic E-state index is 13.1. The van der Waals surface area contributed by atoms with Crippen LogP contribution in [-0.4, -0.2) is 46.5 Å². The molecule has 0 aromatic heterocycles. The molecule has 164 valence electrons. The third kappa shape index (κ3) is 5.41. The topological polar surface area (TPSA) is 83.9 Å². The number of hydrogen-bond acceptors (Lipinski definition) is 4. The summed E-state index contributed by atoms with van der Waals surface area (Å²) in [5, 5.41) is 9.66. The Labute approximate surface area is 178 Å². The Morgan fingerprint density at radius 3 is 2.57 bits per heavy atom. The van der Waals surface area contributed by atoms with E-state index in [1.807, 2.05) is 30.3 Å². The maximum Gasteiger partial charge on any atom is 0.326 e. The van der Waals surface area contributed by atoms with E-state index in [2.05, 4.69) is 0 Å². The Hall–Kier alpha value is -2.37. The predicted octanol–water partition coefficient (Wildman–Crippen LogP) is 3.82. The summed E-state index contributed by atoms with van der Waals surface area (Å²) in [6.07, 6.45) is 6.53. The van der Waals surface area contributed by atoms with Gasteiger partial charge in [-0.25, -0.2) is 4.79 Å². The van der Waals surface area contributed by atoms with Crippen LogP contribution in [0.5, 0.6) is 0 Å². The molecule has 2 fully saturated rings. The molecule has 3 rings (SSSR count). The molecule has 1 aromatic carbocycles. The van der Waals surface area contributed by atoms with Gasteiger partial charge in [0, 0.05) is 12.5 Å². The van der Waals surface area contributed by atoms with Gasteiger partial charge in [-0.05, 0) is 56.9 Å². The number of likely N-dealkylation sites (tertiary alicyclic amines) is 1. The standard InChI is InChI=1S/C24H33NO5/c1-2-30-24(29)18(13-12-17-8-4-3-5-9-17)14-15-22(26)25-20-11-7-6-10-19(20)16-21(25)23(27)28/h3-5,8-9,18-21H,2,6-7,10-16H2,1H3,(H,27,28)/t18-,19?,20?,21+/m1/s1. The van der Waals surface area contributed by atoms with Gasteiger partial charge in [-0.1, -0.05) is 43.2 Å². The average Bonchev–Trinajstić information content (AvgIpc) is 3.14. The number of hydrogen-bond donors (Lipinski definition) is 1. The summed E-state index contributed by atoms with van der Waals surface area (Å²) in [6.45, 7) is 2.09. The fourth-order valence-corrected chi connectivity index (χ4v) is 5.09. The summed E-state index contributed by atoms with van der Waals surface area (Å²) >= 11 is 0. The van der Waals surface area contributed by atoms with Gasteiger partial charge in [0.15, 0.2) is 0 Å². The number of carboxylic acids is 1. The number of carbonyl (C=O) groups is 3. The van der Waals surface area contributed by atoms with Gasteiger partial charge in [0.1, 0.15) is 6.04 Å². The SMILES string of the molecule is CCOC(=O)[C@@H](CCC(=O)N1C2CCCCC2C[C@H]1C(=O)O)CCc1ccccc1. The van der Waals surface area contributed by atoms with Crippen LogP contribution < -0.4 is 0 Å². The second-order valence-electron chi connectivity index (χ2n) is 8.51. The lowest BCUT2D eigenvalue weighted by atomic mass is 9.84. The number of carboxylic acid groups (broad SMARTS) is 1. The largest absolute Gasteiger partial charge is 0.480 e. The second-order valence-corrected chi connectivity index (χ2v) is 8.51. The Morgan fingerprint density at radius 2 is 1.87 bits per heavy atom. The fraction of sp³-hybridized carbons (Fsp3) is 0.625. The smallest absolute Gasteiger partial charge is 0.326 e. The van der Waals surface area contributed by atoms with Gasteiger partial charge in [-0.3, -0.25) is 9.59 Å². The molecular weight excluding hydrogens is 382 g/mol. The number of fused-ring (bicyclic) bond motifs is 1. The van der Waals surface area contributed by atoms with Crippen LogP contribution in [0.4, 0.5) is 0 Å². The van der Waals surface area contributed by atoms with Crippen LogP contribution in [0.25, 0.3) is 0 Å². The van der Waals surface area contributed by atoms with Crippen LogP contribution in [-0.2, 0) is 25.5 Å². The first-order valence-electron chi connectivity index (χ1n) is 11.3. The van der Waals surface area contributed by atoms with Crippen LogP contribution in [0.3, 0.4) is 0 Å². The van der Waals surface area contributed by atoms with E-state index >= 15 is 0 Å². The molecule has 6 nitrogen and oxygen atoms in total. The summed E-state index contributed by atoms with van der Waals surface area (Å²) in [7, 11) is 0. The normalized spacial score (nSPS) is 24.2. The first kappa shape index (κ1) is 22.3. The zero-order chi connectivity index (χ0) is 21.5. The minimum Gasteiger partial charge on any atom is -0.480 e. The molecule has 0 spiro atoms. The van der Waals surface area contributed by atoms with Crippen molar-refractivity contribution in [2.75, 3.05) is 6.61 Å². The van der Waals surface area contributed by atoms with Crippen LogP contribution >= 0.6 is 0 Å². The van der Waals surface area contributed by atoms with Crippen molar-refractivity contribution in [3.05, 3.63) is 35.9 Å². The minimum absolute atomic E-state index is 0.0395. The van der Waals surface area contributed by atoms with Crippen LogP contribution in [0.15, 0.2) is 30.3 Å². The molecule has 1 aliphatic heterocycles. The molecule has 4 atom stereocenters. The lowest BCUT2D eigenvalue weighted by Crippen LogP contribution is -2.46. The monoisotopic (exact) mass is 415 g/mol. The van der Waals surface area contributed by atoms with Crippen molar-refractivity contribution in [2.45, 2.75) is 76.8 Å². The molecule has 2 aliphatic rings. The van der Waals surface area contributed by atoms with Crippen molar-refractivity contribution in [3.63, 3.8) is 0 Å². The number of aryl methyl sites for hydroxylation is 1. The highest BCUT2D eigenvalue weighted by Gasteiger charge is 2.47. The Balaban J connectivity index is 1.63. The molecule has 6 heteroatoms.